The van der Waals surface area contributed by atoms with Gasteiger partial charge in [0.1, 0.15) is 5.71 Å². The van der Waals surface area contributed by atoms with Crippen LogP contribution in [0.2, 0.25) is 0 Å². The first-order valence-corrected chi connectivity index (χ1v) is 17.5. The summed E-state index contributed by atoms with van der Waals surface area (Å²) in [7, 11) is 2.00. The van der Waals surface area contributed by atoms with Crippen LogP contribution in [0.25, 0.3) is 0 Å². The summed E-state index contributed by atoms with van der Waals surface area (Å²) >= 11 is 7.25. The summed E-state index contributed by atoms with van der Waals surface area (Å²) in [6.07, 6.45) is 30.9. The van der Waals surface area contributed by atoms with Crippen LogP contribution in [0.1, 0.15) is 66.2 Å². The van der Waals surface area contributed by atoms with Crippen LogP contribution >= 0.6 is 11.6 Å². The Labute approximate surface area is 291 Å². The Bertz CT molecular complexity index is 1580. The van der Waals surface area contributed by atoms with Crippen molar-refractivity contribution in [1.82, 2.24) is 9.80 Å². The van der Waals surface area contributed by atoms with Crippen molar-refractivity contribution in [1.29, 1.82) is 0 Å². The average Bonchev–Trinajstić information content (AvgIpc) is 3.37. The molecule has 0 N–H and O–H groups in total. The Morgan fingerprint density at radius 3 is 2.60 bits per heavy atom. The molecule has 0 bridgehead atoms. The SMILES string of the molecule is C\C=C/C(C1=C\CC2N(C)CC=C(C=O)C(=O)N2CC=C\1)=C(C)\C(=C/CC)CC/C1=C/C/C=C\C(C2=NN=C(C=O)C=CC2)C(C)C1Cl. The number of allylic oxidation sites excluding steroid dienone is 14. The smallest absolute Gasteiger partial charge is 0.258 e. The van der Waals surface area contributed by atoms with Crippen molar-refractivity contribution < 1.29 is 14.4 Å². The van der Waals surface area contributed by atoms with E-state index in [2.05, 4.69) is 84.5 Å². The Morgan fingerprint density at radius 1 is 1.06 bits per heavy atom. The summed E-state index contributed by atoms with van der Waals surface area (Å²) in [5.74, 6) is -0.0898. The molecule has 48 heavy (non-hydrogen) atoms. The molecule has 8 heteroatoms. The van der Waals surface area contributed by atoms with Crippen molar-refractivity contribution in [2.75, 3.05) is 20.1 Å². The quantitative estimate of drug-likeness (QED) is 0.0782. The minimum Gasteiger partial charge on any atom is -0.319 e. The van der Waals surface area contributed by atoms with E-state index in [1.807, 2.05) is 26.1 Å². The van der Waals surface area contributed by atoms with Crippen LogP contribution in [-0.4, -0.2) is 71.4 Å². The number of hydrogen-bond donors (Lipinski definition) is 0. The van der Waals surface area contributed by atoms with E-state index in [0.29, 0.717) is 37.9 Å². The summed E-state index contributed by atoms with van der Waals surface area (Å²) in [6.45, 7) is 9.57. The topological polar surface area (TPSA) is 82.4 Å². The van der Waals surface area contributed by atoms with Crippen molar-refractivity contribution in [2.45, 2.75) is 77.8 Å². The minimum absolute atomic E-state index is 0.0294. The number of alkyl halides is 1. The Hall–Kier alpha value is -3.94. The van der Waals surface area contributed by atoms with E-state index in [1.165, 1.54) is 16.7 Å². The van der Waals surface area contributed by atoms with Gasteiger partial charge in [0.2, 0.25) is 0 Å². The molecule has 3 heterocycles. The number of aldehydes is 2. The van der Waals surface area contributed by atoms with Crippen molar-refractivity contribution in [3.8, 4) is 0 Å². The monoisotopic (exact) mass is 668 g/mol. The van der Waals surface area contributed by atoms with Gasteiger partial charge in [-0.2, -0.15) is 5.10 Å². The van der Waals surface area contributed by atoms with E-state index in [4.69, 9.17) is 11.6 Å². The van der Waals surface area contributed by atoms with Gasteiger partial charge in [0.05, 0.1) is 22.8 Å². The molecule has 1 aliphatic carbocycles. The lowest BCUT2D eigenvalue weighted by Gasteiger charge is -2.35. The van der Waals surface area contributed by atoms with E-state index in [9.17, 15) is 14.4 Å². The number of fused-ring (bicyclic) bond motifs is 1. The van der Waals surface area contributed by atoms with E-state index in [0.717, 1.165) is 48.8 Å². The molecule has 7 nitrogen and oxygen atoms in total. The predicted octanol–water partition coefficient (Wildman–Crippen LogP) is 7.81. The van der Waals surface area contributed by atoms with Crippen LogP contribution in [0.4, 0.5) is 0 Å². The summed E-state index contributed by atoms with van der Waals surface area (Å²) < 4.78 is 0. The summed E-state index contributed by atoms with van der Waals surface area (Å²) in [5, 5.41) is 8.43. The molecule has 4 aliphatic rings. The van der Waals surface area contributed by atoms with Gasteiger partial charge in [0.15, 0.2) is 12.6 Å². The van der Waals surface area contributed by atoms with Gasteiger partial charge in [-0.15, -0.1) is 16.7 Å². The maximum atomic E-state index is 13.1. The first-order chi connectivity index (χ1) is 23.2. The number of hydrogen-bond acceptors (Lipinski definition) is 6. The van der Waals surface area contributed by atoms with Gasteiger partial charge < -0.3 is 4.90 Å². The fraction of sp³-hybridized carbons (Fsp3) is 0.425. The van der Waals surface area contributed by atoms with Gasteiger partial charge in [-0.1, -0.05) is 86.3 Å². The molecule has 3 aliphatic heterocycles. The van der Waals surface area contributed by atoms with Crippen molar-refractivity contribution in [3.05, 3.63) is 106 Å². The van der Waals surface area contributed by atoms with Crippen LogP contribution in [0.5, 0.6) is 0 Å². The van der Waals surface area contributed by atoms with Gasteiger partial charge in [-0.05, 0) is 80.9 Å². The number of nitrogens with zero attached hydrogens (tertiary/aromatic N) is 4. The number of halogens is 1. The molecule has 4 rings (SSSR count). The summed E-state index contributed by atoms with van der Waals surface area (Å²) in [4.78, 5) is 39.8. The molecular formula is C40H49ClN4O3. The summed E-state index contributed by atoms with van der Waals surface area (Å²) in [6, 6.07) is 0. The number of amides is 1. The second-order valence-corrected chi connectivity index (χ2v) is 13.2. The van der Waals surface area contributed by atoms with E-state index < -0.39 is 0 Å². The van der Waals surface area contributed by atoms with Crippen LogP contribution in [0, 0.1) is 11.8 Å². The van der Waals surface area contributed by atoms with Gasteiger partial charge in [-0.25, -0.2) is 0 Å². The van der Waals surface area contributed by atoms with Gasteiger partial charge >= 0.3 is 0 Å². The average molecular weight is 669 g/mol. The number of carbonyl (C=O) groups excluding carboxylic acids is 3. The van der Waals surface area contributed by atoms with Crippen molar-refractivity contribution in [2.24, 2.45) is 22.0 Å². The molecule has 4 unspecified atom stereocenters. The first-order valence-electron chi connectivity index (χ1n) is 17.1. The highest BCUT2D eigenvalue weighted by atomic mass is 35.5. The molecule has 0 aromatic rings. The van der Waals surface area contributed by atoms with E-state index in [1.54, 1.807) is 17.1 Å². The predicted molar refractivity (Wildman–Crippen MR) is 198 cm³/mol. The molecule has 0 spiro atoms. The minimum atomic E-state index is -0.216. The molecule has 0 saturated heterocycles. The third-order valence-electron chi connectivity index (χ3n) is 9.57. The van der Waals surface area contributed by atoms with E-state index >= 15 is 0 Å². The zero-order valence-corrected chi connectivity index (χ0v) is 29.7. The second-order valence-electron chi connectivity index (χ2n) is 12.7. The molecule has 0 radical (unpaired) electrons. The highest BCUT2D eigenvalue weighted by Crippen LogP contribution is 2.36. The lowest BCUT2D eigenvalue weighted by Crippen LogP contribution is -2.48. The zero-order valence-electron chi connectivity index (χ0n) is 28.9. The molecule has 4 atom stereocenters. The third-order valence-corrected chi connectivity index (χ3v) is 10.2. The van der Waals surface area contributed by atoms with Crippen LogP contribution in [0.3, 0.4) is 0 Å². The highest BCUT2D eigenvalue weighted by Gasteiger charge is 2.32. The zero-order chi connectivity index (χ0) is 34.6. The highest BCUT2D eigenvalue weighted by molar-refractivity contribution is 6.34. The second kappa shape index (κ2) is 18.0. The lowest BCUT2D eigenvalue weighted by atomic mass is 9.80. The van der Waals surface area contributed by atoms with Gasteiger partial charge in [0, 0.05) is 31.8 Å². The largest absolute Gasteiger partial charge is 0.319 e. The van der Waals surface area contributed by atoms with Crippen LogP contribution in [-0.2, 0) is 14.4 Å². The molecule has 0 aromatic heterocycles. The standard InChI is InChI=1S/C40H49ClN4O3/c1-6-12-30(19-20-32-14-8-9-17-36(29(4)39(32)41)37-18-10-16-34(27-47)42-43-37)28(3)35(13-7-2)31-15-11-24-45-38(22-21-31)44(5)25-23-33(26-46)40(45)48/h7,9-17,21,23,26-27,29,36,38-39H,6,8,18-20,22,24-25H2,1-5H3/b13-7-,15-11?,17-9-,30-12-,31-21-,32-14-,35-28+. The molecule has 0 saturated carbocycles. The summed E-state index contributed by atoms with van der Waals surface area (Å²) in [5.41, 5.74) is 7.52. The first kappa shape index (κ1) is 36.9. The fourth-order valence-corrected chi connectivity index (χ4v) is 7.16. The lowest BCUT2D eigenvalue weighted by molar-refractivity contribution is -0.132. The normalized spacial score (nSPS) is 29.2. The van der Waals surface area contributed by atoms with Gasteiger partial charge in [0.25, 0.3) is 5.91 Å². The third kappa shape index (κ3) is 8.94. The molecule has 0 aromatic carbocycles. The maximum Gasteiger partial charge on any atom is 0.258 e. The Kier molecular flexibility index (Phi) is 13.8. The van der Waals surface area contributed by atoms with Crippen molar-refractivity contribution >= 4 is 41.5 Å². The molecule has 1 amide bonds. The molecule has 0 fully saturated rings. The Morgan fingerprint density at radius 2 is 1.88 bits per heavy atom. The molecular weight excluding hydrogens is 620 g/mol. The maximum absolute atomic E-state index is 13.1. The van der Waals surface area contributed by atoms with Crippen LogP contribution in [0.15, 0.2) is 117 Å². The number of carbonyl (C=O) groups is 3. The van der Waals surface area contributed by atoms with Crippen LogP contribution < -0.4 is 0 Å². The number of rotatable bonds is 10. The Balaban J connectivity index is 1.56. The fourth-order valence-electron chi connectivity index (χ4n) is 6.81. The van der Waals surface area contributed by atoms with Crippen molar-refractivity contribution in [3.63, 3.8) is 0 Å². The van der Waals surface area contributed by atoms with E-state index in [-0.39, 0.29) is 34.9 Å². The number of likely N-dealkylation sites (N-methyl/N-ethyl adjacent to an activating group) is 1. The molecule has 254 valence electrons. The van der Waals surface area contributed by atoms with Gasteiger partial charge in [-0.3, -0.25) is 19.3 Å².